The van der Waals surface area contributed by atoms with Gasteiger partial charge < -0.3 is 9.64 Å². The molecule has 3 atom stereocenters. The second kappa shape index (κ2) is 9.52. The van der Waals surface area contributed by atoms with Crippen LogP contribution in [-0.2, 0) is 0 Å². The smallest absolute Gasteiger partial charge is 0.159 e. The number of rotatable bonds is 4. The van der Waals surface area contributed by atoms with Crippen LogP contribution in [0.2, 0.25) is 0 Å². The molecule has 6 nitrogen and oxygen atoms in total. The Morgan fingerprint density at radius 3 is 2.58 bits per heavy atom. The van der Waals surface area contributed by atoms with Crippen LogP contribution in [0.3, 0.4) is 0 Å². The van der Waals surface area contributed by atoms with Crippen LogP contribution in [0.5, 0.6) is 11.5 Å². The molecular formula is C26H26BrN5O. The van der Waals surface area contributed by atoms with E-state index in [0.717, 1.165) is 58.9 Å². The van der Waals surface area contributed by atoms with Crippen molar-refractivity contribution in [2.45, 2.75) is 25.0 Å². The molecule has 5 rings (SSSR count). The van der Waals surface area contributed by atoms with Crippen LogP contribution in [0.1, 0.15) is 18.4 Å². The van der Waals surface area contributed by atoms with Gasteiger partial charge in [0.15, 0.2) is 6.17 Å². The molecule has 1 saturated heterocycles. The number of likely N-dealkylation sites (tertiary alicyclic amines) is 1. The average Bonchev–Trinajstić information content (AvgIpc) is 3.21. The van der Waals surface area contributed by atoms with E-state index in [0.29, 0.717) is 0 Å². The van der Waals surface area contributed by atoms with Crippen LogP contribution >= 0.6 is 15.9 Å². The van der Waals surface area contributed by atoms with E-state index in [1.807, 2.05) is 54.6 Å². The fourth-order valence-corrected chi connectivity index (χ4v) is 4.98. The standard InChI is InChI=1S/C26H26BrN5O/c1-31-15-5-6-19(17-31)32-26-22(13-14-24(28)29-16-23(26)27)25(30-32)18-9-11-21(12-10-18)33-20-7-3-2-4-8-20/h2-4,7-12,16,19,22,24H,5-6,15,17,28H2,1H3/b26-23-,29-16-. The number of hydrogen-bond acceptors (Lipinski definition) is 6. The molecule has 7 heteroatoms. The summed E-state index contributed by atoms with van der Waals surface area (Å²) in [6, 6.07) is 18.1. The fraction of sp³-hybridized carbons (Fsp3) is 0.308. The highest BCUT2D eigenvalue weighted by molar-refractivity contribution is 9.12. The molecule has 3 heterocycles. The van der Waals surface area contributed by atoms with E-state index in [4.69, 9.17) is 15.6 Å². The number of benzene rings is 2. The van der Waals surface area contributed by atoms with Gasteiger partial charge >= 0.3 is 0 Å². The molecule has 3 aliphatic heterocycles. The van der Waals surface area contributed by atoms with Crippen molar-refractivity contribution in [3.05, 3.63) is 70.3 Å². The van der Waals surface area contributed by atoms with Gasteiger partial charge in [-0.25, -0.2) is 0 Å². The minimum Gasteiger partial charge on any atom is -0.457 e. The number of fused-ring (bicyclic) bond motifs is 1. The number of piperidine rings is 1. The third-order valence-electron chi connectivity index (χ3n) is 6.05. The largest absolute Gasteiger partial charge is 0.457 e. The van der Waals surface area contributed by atoms with Crippen molar-refractivity contribution in [2.24, 2.45) is 21.7 Å². The van der Waals surface area contributed by atoms with E-state index in [2.05, 4.69) is 49.7 Å². The molecular weight excluding hydrogens is 478 g/mol. The average molecular weight is 504 g/mol. The number of allylic oxidation sites excluding steroid dienone is 2. The van der Waals surface area contributed by atoms with Gasteiger partial charge in [-0.1, -0.05) is 30.0 Å². The van der Waals surface area contributed by atoms with Crippen LogP contribution < -0.4 is 10.5 Å². The van der Waals surface area contributed by atoms with Crippen molar-refractivity contribution >= 4 is 27.9 Å². The Bertz CT molecular complexity index is 1160. The first-order chi connectivity index (χ1) is 16.1. The molecule has 0 aliphatic carbocycles. The molecule has 2 aromatic rings. The van der Waals surface area contributed by atoms with Crippen molar-refractivity contribution in [2.75, 3.05) is 20.1 Å². The minimum absolute atomic E-state index is 0.176. The molecule has 2 aromatic carbocycles. The summed E-state index contributed by atoms with van der Waals surface area (Å²) in [7, 11) is 2.16. The lowest BCUT2D eigenvalue weighted by Gasteiger charge is -2.36. The highest BCUT2D eigenvalue weighted by Crippen LogP contribution is 2.37. The first kappa shape index (κ1) is 21.9. The molecule has 168 valence electrons. The molecule has 0 bridgehead atoms. The molecule has 0 radical (unpaired) electrons. The molecule has 2 N–H and O–H groups in total. The molecule has 3 unspecified atom stereocenters. The number of ether oxygens (including phenoxy) is 1. The van der Waals surface area contributed by atoms with E-state index in [-0.39, 0.29) is 12.0 Å². The van der Waals surface area contributed by atoms with Gasteiger partial charge in [-0.2, -0.15) is 5.10 Å². The van der Waals surface area contributed by atoms with E-state index in [1.54, 1.807) is 6.21 Å². The summed E-state index contributed by atoms with van der Waals surface area (Å²) in [5.74, 6) is 7.85. The Balaban J connectivity index is 1.49. The van der Waals surface area contributed by atoms with Crippen molar-refractivity contribution in [1.82, 2.24) is 9.91 Å². The predicted octanol–water partition coefficient (Wildman–Crippen LogP) is 4.19. The topological polar surface area (TPSA) is 66.5 Å². The van der Waals surface area contributed by atoms with Crippen LogP contribution in [0.15, 0.2) is 74.9 Å². The third kappa shape index (κ3) is 4.74. The summed E-state index contributed by atoms with van der Waals surface area (Å²) in [5, 5.41) is 7.28. The number of para-hydroxylation sites is 1. The van der Waals surface area contributed by atoms with Gasteiger partial charge in [0.2, 0.25) is 0 Å². The molecule has 0 aromatic heterocycles. The number of halogens is 1. The monoisotopic (exact) mass is 503 g/mol. The van der Waals surface area contributed by atoms with E-state index in [9.17, 15) is 0 Å². The lowest BCUT2D eigenvalue weighted by Crippen LogP contribution is -2.43. The number of nitrogens with two attached hydrogens (primary N) is 1. The summed E-state index contributed by atoms with van der Waals surface area (Å²) >= 11 is 3.74. The molecule has 3 aliphatic rings. The van der Waals surface area contributed by atoms with Gasteiger partial charge in [-0.15, -0.1) is 0 Å². The Labute approximate surface area is 202 Å². The molecule has 0 amide bonds. The highest BCUT2D eigenvalue weighted by Gasteiger charge is 2.38. The van der Waals surface area contributed by atoms with Crippen molar-refractivity contribution in [3.63, 3.8) is 0 Å². The second-order valence-corrected chi connectivity index (χ2v) is 9.36. The van der Waals surface area contributed by atoms with Crippen molar-refractivity contribution < 1.29 is 4.74 Å². The normalized spacial score (nSPS) is 28.2. The summed E-state index contributed by atoms with van der Waals surface area (Å²) in [6.45, 7) is 2.07. The minimum atomic E-state index is -0.545. The molecule has 0 spiro atoms. The number of hydrazone groups is 1. The zero-order valence-electron chi connectivity index (χ0n) is 18.5. The number of aliphatic imine (C=N–C) groups is 1. The Kier molecular flexibility index (Phi) is 6.32. The predicted molar refractivity (Wildman–Crippen MR) is 136 cm³/mol. The van der Waals surface area contributed by atoms with Gasteiger partial charge in [0.25, 0.3) is 0 Å². The van der Waals surface area contributed by atoms with E-state index in [1.165, 1.54) is 0 Å². The van der Waals surface area contributed by atoms with Gasteiger partial charge in [-0.05, 0) is 84.3 Å². The quantitative estimate of drug-likeness (QED) is 0.635. The SMILES string of the molecule is CN1CCCC(N2N=C(c3ccc(Oc4ccccc4)cc3)C3C#CC(N)/N=C\C(Br)=C/32)C1. The first-order valence-electron chi connectivity index (χ1n) is 11.2. The summed E-state index contributed by atoms with van der Waals surface area (Å²) in [4.78, 5) is 6.70. The summed E-state index contributed by atoms with van der Waals surface area (Å²) in [5.41, 5.74) is 9.02. The Morgan fingerprint density at radius 2 is 1.82 bits per heavy atom. The van der Waals surface area contributed by atoms with Crippen LogP contribution in [0, 0.1) is 17.8 Å². The van der Waals surface area contributed by atoms with Crippen LogP contribution in [0.4, 0.5) is 0 Å². The maximum absolute atomic E-state index is 6.03. The maximum atomic E-state index is 6.03. The van der Waals surface area contributed by atoms with Crippen molar-refractivity contribution in [1.29, 1.82) is 0 Å². The number of nitrogens with zero attached hydrogens (tertiary/aromatic N) is 4. The third-order valence-corrected chi connectivity index (χ3v) is 6.66. The second-order valence-electron chi connectivity index (χ2n) is 8.51. The zero-order chi connectivity index (χ0) is 22.8. The lowest BCUT2D eigenvalue weighted by atomic mass is 9.93. The van der Waals surface area contributed by atoms with E-state index < -0.39 is 6.17 Å². The van der Waals surface area contributed by atoms with Gasteiger partial charge in [0.05, 0.1) is 21.9 Å². The summed E-state index contributed by atoms with van der Waals surface area (Å²) < 4.78 is 6.85. The highest BCUT2D eigenvalue weighted by atomic mass is 79.9. The van der Waals surface area contributed by atoms with Gasteiger partial charge in [0.1, 0.15) is 17.4 Å². The van der Waals surface area contributed by atoms with Crippen molar-refractivity contribution in [3.8, 4) is 23.3 Å². The number of likely N-dealkylation sites (N-methyl/N-ethyl adjacent to an activating group) is 1. The number of hydrogen-bond donors (Lipinski definition) is 1. The van der Waals surface area contributed by atoms with E-state index >= 15 is 0 Å². The molecule has 33 heavy (non-hydrogen) atoms. The van der Waals surface area contributed by atoms with Gasteiger partial charge in [-0.3, -0.25) is 15.7 Å². The van der Waals surface area contributed by atoms with Crippen LogP contribution in [-0.4, -0.2) is 54.2 Å². The van der Waals surface area contributed by atoms with Gasteiger partial charge in [0, 0.05) is 12.8 Å². The molecule has 1 fully saturated rings. The Hall–Kier alpha value is -2.92. The van der Waals surface area contributed by atoms with Crippen LogP contribution in [0.25, 0.3) is 0 Å². The maximum Gasteiger partial charge on any atom is 0.159 e. The Morgan fingerprint density at radius 1 is 1.06 bits per heavy atom. The first-order valence-corrected chi connectivity index (χ1v) is 12.0. The summed E-state index contributed by atoms with van der Waals surface area (Å²) in [6.07, 6.45) is 3.46. The zero-order valence-corrected chi connectivity index (χ0v) is 20.1. The lowest BCUT2D eigenvalue weighted by molar-refractivity contribution is 0.146. The fourth-order valence-electron chi connectivity index (χ4n) is 4.45. The molecule has 0 saturated carbocycles.